The molecule has 0 amide bonds. The number of hydrogen-bond donors (Lipinski definition) is 1. The van der Waals surface area contributed by atoms with E-state index in [9.17, 15) is 4.79 Å². The summed E-state index contributed by atoms with van der Waals surface area (Å²) in [5, 5.41) is 0. The van der Waals surface area contributed by atoms with Crippen LogP contribution in [0.5, 0.6) is 0 Å². The summed E-state index contributed by atoms with van der Waals surface area (Å²) in [5.74, 6) is -0.395. The van der Waals surface area contributed by atoms with Gasteiger partial charge in [0.05, 0.1) is 11.3 Å². The lowest BCUT2D eigenvalue weighted by Gasteiger charge is -2.06. The topological polar surface area (TPSA) is 38.3 Å². The molecule has 0 aliphatic carbocycles. The molecule has 0 radical (unpaired) electrons. The quantitative estimate of drug-likeness (QED) is 0.818. The van der Waals surface area contributed by atoms with Crippen LogP contribution in [-0.2, 0) is 4.84 Å². The highest BCUT2D eigenvalue weighted by atomic mass is 16.7. The molecular formula is C14H13NO2. The second-order valence-corrected chi connectivity index (χ2v) is 3.72. The Kier molecular flexibility index (Phi) is 3.40. The van der Waals surface area contributed by atoms with Crippen molar-refractivity contribution in [3.05, 3.63) is 65.7 Å². The molecule has 2 aromatic rings. The van der Waals surface area contributed by atoms with E-state index in [-0.39, 0.29) is 0 Å². The fourth-order valence-electron chi connectivity index (χ4n) is 1.36. The Bertz CT molecular complexity index is 491. The summed E-state index contributed by atoms with van der Waals surface area (Å²) in [7, 11) is 0. The van der Waals surface area contributed by atoms with E-state index in [2.05, 4.69) is 5.48 Å². The SMILES string of the molecule is Cc1ccc(C(=O)ONc2ccccc2)cc1. The molecule has 0 aliphatic rings. The molecule has 2 rings (SSSR count). The number of carbonyl (C=O) groups excluding carboxylic acids is 1. The van der Waals surface area contributed by atoms with E-state index in [1.807, 2.05) is 49.4 Å². The highest BCUT2D eigenvalue weighted by Crippen LogP contribution is 2.08. The van der Waals surface area contributed by atoms with Gasteiger partial charge < -0.3 is 4.84 Å². The summed E-state index contributed by atoms with van der Waals surface area (Å²) in [5.41, 5.74) is 4.99. The average molecular weight is 227 g/mol. The Morgan fingerprint density at radius 3 is 2.29 bits per heavy atom. The number of carbonyl (C=O) groups is 1. The third kappa shape index (κ3) is 3.08. The third-order valence-electron chi connectivity index (χ3n) is 2.32. The second kappa shape index (κ2) is 5.16. The van der Waals surface area contributed by atoms with E-state index in [0.717, 1.165) is 11.3 Å². The van der Waals surface area contributed by atoms with E-state index in [1.54, 1.807) is 12.1 Å². The molecule has 0 aliphatic heterocycles. The minimum absolute atomic E-state index is 0.395. The maximum absolute atomic E-state index is 11.6. The molecule has 0 fully saturated rings. The van der Waals surface area contributed by atoms with Gasteiger partial charge >= 0.3 is 5.97 Å². The number of aryl methyl sites for hydroxylation is 1. The van der Waals surface area contributed by atoms with Crippen molar-refractivity contribution in [3.63, 3.8) is 0 Å². The summed E-state index contributed by atoms with van der Waals surface area (Å²) in [4.78, 5) is 16.6. The van der Waals surface area contributed by atoms with E-state index < -0.39 is 5.97 Å². The van der Waals surface area contributed by atoms with Gasteiger partial charge in [-0.15, -0.1) is 0 Å². The van der Waals surface area contributed by atoms with Crippen LogP contribution in [0.15, 0.2) is 54.6 Å². The van der Waals surface area contributed by atoms with Crippen molar-refractivity contribution < 1.29 is 9.63 Å². The van der Waals surface area contributed by atoms with Crippen LogP contribution in [0.2, 0.25) is 0 Å². The van der Waals surface area contributed by atoms with E-state index in [4.69, 9.17) is 4.84 Å². The number of para-hydroxylation sites is 1. The maximum atomic E-state index is 11.6. The van der Waals surface area contributed by atoms with Gasteiger partial charge in [-0.2, -0.15) is 0 Å². The summed E-state index contributed by atoms with van der Waals surface area (Å²) < 4.78 is 0. The first-order valence-electron chi connectivity index (χ1n) is 5.34. The molecule has 0 saturated carbocycles. The highest BCUT2D eigenvalue weighted by molar-refractivity contribution is 5.89. The van der Waals surface area contributed by atoms with Gasteiger partial charge in [-0.3, -0.25) is 0 Å². The van der Waals surface area contributed by atoms with Crippen LogP contribution in [0.3, 0.4) is 0 Å². The lowest BCUT2D eigenvalue weighted by atomic mass is 10.2. The number of hydrogen-bond acceptors (Lipinski definition) is 3. The molecular weight excluding hydrogens is 214 g/mol. The third-order valence-corrected chi connectivity index (χ3v) is 2.32. The van der Waals surface area contributed by atoms with Gasteiger partial charge in [-0.25, -0.2) is 10.3 Å². The van der Waals surface area contributed by atoms with Crippen molar-refractivity contribution >= 4 is 11.7 Å². The molecule has 0 atom stereocenters. The number of anilines is 1. The Balaban J connectivity index is 1.96. The monoisotopic (exact) mass is 227 g/mol. The van der Waals surface area contributed by atoms with Gasteiger partial charge in [0.2, 0.25) is 0 Å². The zero-order valence-corrected chi connectivity index (χ0v) is 9.51. The summed E-state index contributed by atoms with van der Waals surface area (Å²) in [6.07, 6.45) is 0. The smallest absolute Gasteiger partial charge is 0.338 e. The summed E-state index contributed by atoms with van der Waals surface area (Å²) >= 11 is 0. The fourth-order valence-corrected chi connectivity index (χ4v) is 1.36. The lowest BCUT2D eigenvalue weighted by Crippen LogP contribution is -2.10. The predicted octanol–water partition coefficient (Wildman–Crippen LogP) is 3.18. The fraction of sp³-hybridized carbons (Fsp3) is 0.0714. The number of nitrogens with one attached hydrogen (secondary N) is 1. The largest absolute Gasteiger partial charge is 0.362 e. The highest BCUT2D eigenvalue weighted by Gasteiger charge is 2.06. The first kappa shape index (κ1) is 11.2. The minimum Gasteiger partial charge on any atom is -0.338 e. The normalized spacial score (nSPS) is 9.71. The molecule has 0 saturated heterocycles. The molecule has 1 N–H and O–H groups in total. The Morgan fingerprint density at radius 1 is 1.00 bits per heavy atom. The molecule has 0 heterocycles. The minimum atomic E-state index is -0.395. The van der Waals surface area contributed by atoms with Gasteiger partial charge in [0.1, 0.15) is 0 Å². The first-order chi connectivity index (χ1) is 8.25. The van der Waals surface area contributed by atoms with Gasteiger partial charge in [-0.05, 0) is 31.2 Å². The Morgan fingerprint density at radius 2 is 1.65 bits per heavy atom. The number of benzene rings is 2. The van der Waals surface area contributed by atoms with Crippen LogP contribution in [0, 0.1) is 6.92 Å². The van der Waals surface area contributed by atoms with Gasteiger partial charge in [0, 0.05) is 0 Å². The van der Waals surface area contributed by atoms with Gasteiger partial charge in [0.25, 0.3) is 0 Å². The molecule has 0 spiro atoms. The van der Waals surface area contributed by atoms with E-state index in [0.29, 0.717) is 5.56 Å². The zero-order valence-electron chi connectivity index (χ0n) is 9.51. The maximum Gasteiger partial charge on any atom is 0.362 e. The van der Waals surface area contributed by atoms with Crippen LogP contribution in [0.1, 0.15) is 15.9 Å². The molecule has 0 bridgehead atoms. The Hall–Kier alpha value is -2.29. The second-order valence-electron chi connectivity index (χ2n) is 3.72. The predicted molar refractivity (Wildman–Crippen MR) is 66.7 cm³/mol. The molecule has 0 aromatic heterocycles. The van der Waals surface area contributed by atoms with E-state index in [1.165, 1.54) is 0 Å². The first-order valence-corrected chi connectivity index (χ1v) is 5.34. The molecule has 86 valence electrons. The van der Waals surface area contributed by atoms with Gasteiger partial charge in [-0.1, -0.05) is 35.9 Å². The lowest BCUT2D eigenvalue weighted by molar-refractivity contribution is 0.0596. The van der Waals surface area contributed by atoms with Gasteiger partial charge in [0.15, 0.2) is 0 Å². The molecule has 2 aromatic carbocycles. The zero-order chi connectivity index (χ0) is 12.1. The molecule has 3 nitrogen and oxygen atoms in total. The standard InChI is InChI=1S/C14H13NO2/c1-11-7-9-12(10-8-11)14(16)17-15-13-5-3-2-4-6-13/h2-10,15H,1H3. The van der Waals surface area contributed by atoms with Crippen molar-refractivity contribution in [3.8, 4) is 0 Å². The van der Waals surface area contributed by atoms with Crippen molar-refractivity contribution in [2.45, 2.75) is 6.92 Å². The Labute approximate surface area is 100.0 Å². The molecule has 17 heavy (non-hydrogen) atoms. The molecule has 0 unspecified atom stereocenters. The van der Waals surface area contributed by atoms with Crippen molar-refractivity contribution in [2.75, 3.05) is 5.48 Å². The van der Waals surface area contributed by atoms with Crippen molar-refractivity contribution in [1.29, 1.82) is 0 Å². The van der Waals surface area contributed by atoms with Crippen LogP contribution >= 0.6 is 0 Å². The average Bonchev–Trinajstić information content (AvgIpc) is 2.38. The van der Waals surface area contributed by atoms with E-state index >= 15 is 0 Å². The van der Waals surface area contributed by atoms with Crippen LogP contribution < -0.4 is 5.48 Å². The van der Waals surface area contributed by atoms with Crippen LogP contribution in [0.4, 0.5) is 5.69 Å². The summed E-state index contributed by atoms with van der Waals surface area (Å²) in [6, 6.07) is 16.5. The molecule has 3 heteroatoms. The number of rotatable bonds is 3. The van der Waals surface area contributed by atoms with Crippen LogP contribution in [-0.4, -0.2) is 5.97 Å². The van der Waals surface area contributed by atoms with Crippen molar-refractivity contribution in [1.82, 2.24) is 0 Å². The van der Waals surface area contributed by atoms with Crippen LogP contribution in [0.25, 0.3) is 0 Å². The summed E-state index contributed by atoms with van der Waals surface area (Å²) in [6.45, 7) is 1.97. The van der Waals surface area contributed by atoms with Crippen molar-refractivity contribution in [2.24, 2.45) is 0 Å².